The second-order valence-electron chi connectivity index (χ2n) is 11.9. The van der Waals surface area contributed by atoms with E-state index in [1.54, 1.807) is 65.4 Å². The van der Waals surface area contributed by atoms with Gasteiger partial charge in [-0.2, -0.15) is 4.90 Å². The third-order valence-electron chi connectivity index (χ3n) is 5.85. The quantitative estimate of drug-likeness (QED) is 0.177. The number of anilines is 1. The Morgan fingerprint density at radius 2 is 1.52 bits per heavy atom. The van der Waals surface area contributed by atoms with Gasteiger partial charge >= 0.3 is 12.2 Å². The zero-order valence-electron chi connectivity index (χ0n) is 26.3. The number of imide groups is 1. The molecule has 0 unspecified atom stereocenters. The van der Waals surface area contributed by atoms with E-state index in [1.807, 2.05) is 0 Å². The van der Waals surface area contributed by atoms with Crippen molar-refractivity contribution in [1.82, 2.24) is 19.5 Å². The van der Waals surface area contributed by atoms with Crippen molar-refractivity contribution in [2.45, 2.75) is 78.6 Å². The molecule has 2 amide bonds. The van der Waals surface area contributed by atoms with Crippen molar-refractivity contribution in [2.24, 2.45) is 0 Å². The molecule has 3 rings (SSSR count). The molecule has 0 saturated heterocycles. The van der Waals surface area contributed by atoms with Gasteiger partial charge in [-0.05, 0) is 72.9 Å². The lowest BCUT2D eigenvalue weighted by molar-refractivity contribution is 0.0429. The van der Waals surface area contributed by atoms with Gasteiger partial charge in [-0.3, -0.25) is 0 Å². The predicted molar refractivity (Wildman–Crippen MR) is 168 cm³/mol. The maximum atomic E-state index is 13.2. The Morgan fingerprint density at radius 1 is 0.864 bits per heavy atom. The van der Waals surface area contributed by atoms with Crippen molar-refractivity contribution in [3.05, 3.63) is 40.4 Å². The molecule has 1 aromatic carbocycles. The average molecular weight is 655 g/mol. The van der Waals surface area contributed by atoms with Crippen LogP contribution in [0, 0.1) is 0 Å². The van der Waals surface area contributed by atoms with Crippen molar-refractivity contribution in [3.63, 3.8) is 0 Å². The minimum absolute atomic E-state index is 0.0860. The Labute approximate surface area is 267 Å². The largest absolute Gasteiger partial charge is 0.493 e. The summed E-state index contributed by atoms with van der Waals surface area (Å²) in [7, 11) is 1.64. The number of ether oxygens (including phenoxy) is 5. The Bertz CT molecular complexity index is 1390. The van der Waals surface area contributed by atoms with E-state index in [0.29, 0.717) is 53.4 Å². The van der Waals surface area contributed by atoms with Gasteiger partial charge in [0, 0.05) is 19.3 Å². The second kappa shape index (κ2) is 15.7. The van der Waals surface area contributed by atoms with E-state index in [-0.39, 0.29) is 17.9 Å². The highest BCUT2D eigenvalue weighted by Crippen LogP contribution is 2.35. The molecule has 0 aliphatic carbocycles. The summed E-state index contributed by atoms with van der Waals surface area (Å²) in [6.07, 6.45) is 3.48. The van der Waals surface area contributed by atoms with E-state index in [4.69, 9.17) is 46.9 Å². The first-order chi connectivity index (χ1) is 20.7. The van der Waals surface area contributed by atoms with Gasteiger partial charge in [0.15, 0.2) is 17.0 Å². The van der Waals surface area contributed by atoms with Crippen LogP contribution in [0.3, 0.4) is 0 Å². The number of rotatable bonds is 13. The molecule has 0 fully saturated rings. The number of halogens is 2. The van der Waals surface area contributed by atoms with E-state index in [9.17, 15) is 9.59 Å². The number of carbonyl (C=O) groups is 2. The summed E-state index contributed by atoms with van der Waals surface area (Å²) in [5.74, 6) is 0.480. The number of hydrogen-bond acceptors (Lipinski definition) is 10. The van der Waals surface area contributed by atoms with Crippen LogP contribution in [0.2, 0.25) is 10.0 Å². The van der Waals surface area contributed by atoms with Gasteiger partial charge in [-0.1, -0.05) is 23.2 Å². The highest BCUT2D eigenvalue weighted by molar-refractivity contribution is 6.42. The first-order valence-corrected chi connectivity index (χ1v) is 15.1. The minimum Gasteiger partial charge on any atom is -0.493 e. The van der Waals surface area contributed by atoms with Crippen molar-refractivity contribution in [2.75, 3.05) is 38.4 Å². The van der Waals surface area contributed by atoms with Crippen LogP contribution in [0.15, 0.2) is 24.8 Å². The number of methoxy groups -OCH3 is 1. The zero-order chi connectivity index (χ0) is 32.5. The zero-order valence-corrected chi connectivity index (χ0v) is 27.8. The first kappa shape index (κ1) is 35.3. The standard InChI is InChI=1S/C30H41Cl2N5O7/c1-29(2,3)43-27(38)37(28(39)44-30(4,5)6)26-24-25(33-18-34-26)36(19-35-24)17-20-22(12-11-21(31)23(20)32)42-14-10-8-9-13-41-16-15-40-7/h11-12,18-19H,8-10,13-17H2,1-7H3. The van der Waals surface area contributed by atoms with E-state index < -0.39 is 23.4 Å². The fourth-order valence-electron chi connectivity index (χ4n) is 3.95. The van der Waals surface area contributed by atoms with E-state index in [1.165, 1.54) is 12.7 Å². The lowest BCUT2D eigenvalue weighted by Gasteiger charge is -2.28. The van der Waals surface area contributed by atoms with Crippen LogP contribution >= 0.6 is 23.2 Å². The Morgan fingerprint density at radius 3 is 2.16 bits per heavy atom. The molecule has 2 heterocycles. The molecule has 0 N–H and O–H groups in total. The number of hydrogen-bond donors (Lipinski definition) is 0. The number of carbonyl (C=O) groups excluding carboxylic acids is 2. The minimum atomic E-state index is -0.962. The van der Waals surface area contributed by atoms with Gasteiger partial charge in [-0.15, -0.1) is 0 Å². The molecule has 0 aliphatic heterocycles. The fraction of sp³-hybridized carbons (Fsp3) is 0.567. The number of nitrogens with zero attached hydrogens (tertiary/aromatic N) is 5. The maximum Gasteiger partial charge on any atom is 0.425 e. The van der Waals surface area contributed by atoms with Gasteiger partial charge in [0.2, 0.25) is 0 Å². The van der Waals surface area contributed by atoms with Crippen molar-refractivity contribution in [1.29, 1.82) is 0 Å². The molecule has 0 aliphatic rings. The van der Waals surface area contributed by atoms with E-state index in [0.717, 1.165) is 24.2 Å². The number of aromatic nitrogens is 4. The molecule has 242 valence electrons. The summed E-state index contributed by atoms with van der Waals surface area (Å²) in [4.78, 5) is 40.2. The smallest absolute Gasteiger partial charge is 0.425 e. The highest BCUT2D eigenvalue weighted by Gasteiger charge is 2.35. The summed E-state index contributed by atoms with van der Waals surface area (Å²) in [6, 6.07) is 3.45. The number of unbranched alkanes of at least 4 members (excludes halogenated alkanes) is 2. The third kappa shape index (κ3) is 10.2. The molecular formula is C30H41Cl2N5O7. The normalized spacial score (nSPS) is 11.9. The lowest BCUT2D eigenvalue weighted by Crippen LogP contribution is -2.44. The fourth-order valence-corrected chi connectivity index (χ4v) is 4.34. The van der Waals surface area contributed by atoms with Crippen LogP contribution in [-0.2, 0) is 25.5 Å². The predicted octanol–water partition coefficient (Wildman–Crippen LogP) is 7.07. The Hall–Kier alpha value is -3.19. The van der Waals surface area contributed by atoms with Crippen LogP contribution in [0.1, 0.15) is 66.4 Å². The Kier molecular flexibility index (Phi) is 12.6. The molecule has 3 aromatic rings. The summed E-state index contributed by atoms with van der Waals surface area (Å²) >= 11 is 13.0. The molecule has 0 atom stereocenters. The molecular weight excluding hydrogens is 613 g/mol. The topological polar surface area (TPSA) is 127 Å². The number of benzene rings is 1. The molecule has 12 nitrogen and oxygen atoms in total. The Balaban J connectivity index is 1.86. The monoisotopic (exact) mass is 653 g/mol. The summed E-state index contributed by atoms with van der Waals surface area (Å²) in [6.45, 7) is 12.6. The maximum absolute atomic E-state index is 13.2. The number of imidazole rings is 1. The third-order valence-corrected chi connectivity index (χ3v) is 6.69. The summed E-state index contributed by atoms with van der Waals surface area (Å²) in [5.41, 5.74) is -0.640. The number of fused-ring (bicyclic) bond motifs is 1. The molecule has 0 radical (unpaired) electrons. The van der Waals surface area contributed by atoms with Crippen LogP contribution in [-0.4, -0.2) is 76.4 Å². The van der Waals surface area contributed by atoms with Gasteiger partial charge in [0.25, 0.3) is 0 Å². The lowest BCUT2D eigenvalue weighted by atomic mass is 10.2. The van der Waals surface area contributed by atoms with Gasteiger partial charge in [-0.25, -0.2) is 24.5 Å². The van der Waals surface area contributed by atoms with Crippen LogP contribution in [0.4, 0.5) is 15.4 Å². The average Bonchev–Trinajstić information content (AvgIpc) is 3.33. The van der Waals surface area contributed by atoms with Gasteiger partial charge in [0.1, 0.15) is 23.3 Å². The van der Waals surface area contributed by atoms with E-state index in [2.05, 4.69) is 15.0 Å². The first-order valence-electron chi connectivity index (χ1n) is 14.3. The van der Waals surface area contributed by atoms with Crippen molar-refractivity contribution >= 4 is 52.4 Å². The number of amides is 2. The van der Waals surface area contributed by atoms with Crippen molar-refractivity contribution < 1.29 is 33.3 Å². The molecule has 2 aromatic heterocycles. The van der Waals surface area contributed by atoms with E-state index >= 15 is 0 Å². The van der Waals surface area contributed by atoms with Gasteiger partial charge in [0.05, 0.1) is 42.7 Å². The molecule has 14 heteroatoms. The molecule has 44 heavy (non-hydrogen) atoms. The molecule has 0 bridgehead atoms. The van der Waals surface area contributed by atoms with Gasteiger partial charge < -0.3 is 28.3 Å². The second-order valence-corrected chi connectivity index (χ2v) is 12.7. The van der Waals surface area contributed by atoms with Crippen LogP contribution in [0.25, 0.3) is 11.2 Å². The summed E-state index contributed by atoms with van der Waals surface area (Å²) < 4.78 is 29.3. The summed E-state index contributed by atoms with van der Waals surface area (Å²) in [5, 5.41) is 0.693. The van der Waals surface area contributed by atoms with Crippen LogP contribution in [0.5, 0.6) is 5.75 Å². The van der Waals surface area contributed by atoms with Crippen LogP contribution < -0.4 is 9.64 Å². The molecule has 0 saturated carbocycles. The SMILES string of the molecule is COCCOCCCCCOc1ccc(Cl)c(Cl)c1Cn1cnc2c(N(C(=O)OC(C)(C)C)C(=O)OC(C)(C)C)ncnc21. The molecule has 0 spiro atoms. The van der Waals surface area contributed by atoms with Crippen molar-refractivity contribution in [3.8, 4) is 5.75 Å². The highest BCUT2D eigenvalue weighted by atomic mass is 35.5.